The summed E-state index contributed by atoms with van der Waals surface area (Å²) in [4.78, 5) is 9.04. The Hall–Kier alpha value is -0.610. The molecule has 19 heavy (non-hydrogen) atoms. The van der Waals surface area contributed by atoms with Crippen LogP contribution >= 0.6 is 27.5 Å². The summed E-state index contributed by atoms with van der Waals surface area (Å²) in [5.74, 6) is 1.81. The van der Waals surface area contributed by atoms with Crippen LogP contribution in [0.5, 0.6) is 0 Å². The molecule has 0 spiro atoms. The molecule has 2 aromatic rings. The van der Waals surface area contributed by atoms with Gasteiger partial charge in [-0.3, -0.25) is 0 Å². The van der Waals surface area contributed by atoms with E-state index in [1.54, 1.807) is 6.20 Å². The first-order valence-electron chi connectivity index (χ1n) is 6.39. The quantitative estimate of drug-likeness (QED) is 0.761. The van der Waals surface area contributed by atoms with Crippen molar-refractivity contribution >= 4 is 38.7 Å². The first kappa shape index (κ1) is 14.8. The third-order valence-corrected chi connectivity index (χ3v) is 4.36. The largest absolute Gasteiger partial charge is 0.311 e. The molecule has 5 heteroatoms. The highest BCUT2D eigenvalue weighted by molar-refractivity contribution is 9.10. The zero-order valence-electron chi connectivity index (χ0n) is 11.7. The average molecular weight is 345 g/mol. The van der Waals surface area contributed by atoms with Gasteiger partial charge in [-0.25, -0.2) is 9.97 Å². The van der Waals surface area contributed by atoms with Gasteiger partial charge in [-0.1, -0.05) is 27.7 Å². The van der Waals surface area contributed by atoms with E-state index in [-0.39, 0.29) is 5.41 Å². The fourth-order valence-electron chi connectivity index (χ4n) is 1.87. The van der Waals surface area contributed by atoms with Crippen LogP contribution in [0.15, 0.2) is 16.7 Å². The van der Waals surface area contributed by atoms with E-state index in [4.69, 9.17) is 11.6 Å². The second-order valence-electron chi connectivity index (χ2n) is 6.04. The van der Waals surface area contributed by atoms with Crippen molar-refractivity contribution in [3.8, 4) is 0 Å². The van der Waals surface area contributed by atoms with Crippen LogP contribution in [-0.2, 0) is 12.4 Å². The maximum Gasteiger partial charge on any atom is 0.160 e. The van der Waals surface area contributed by atoms with E-state index in [0.717, 1.165) is 28.0 Å². The van der Waals surface area contributed by atoms with Gasteiger partial charge in [-0.15, -0.1) is 11.6 Å². The summed E-state index contributed by atoms with van der Waals surface area (Å²) in [5, 5.41) is 0. The highest BCUT2D eigenvalue weighted by atomic mass is 79.9. The molecule has 0 bridgehead atoms. The molecule has 0 fully saturated rings. The average Bonchev–Trinajstić information content (AvgIpc) is 2.65. The maximum absolute atomic E-state index is 6.02. The van der Waals surface area contributed by atoms with E-state index < -0.39 is 0 Å². The van der Waals surface area contributed by atoms with E-state index in [2.05, 4.69) is 58.2 Å². The lowest BCUT2D eigenvalue weighted by atomic mass is 9.82. The SMILES string of the molecule is CC(Cn1c(CCl)nc2cc(Br)cnc21)C(C)(C)C. The maximum atomic E-state index is 6.02. The van der Waals surface area contributed by atoms with Gasteiger partial charge in [0.15, 0.2) is 5.65 Å². The molecule has 3 nitrogen and oxygen atoms in total. The Morgan fingerprint density at radius 2 is 2.11 bits per heavy atom. The number of imidazole rings is 1. The summed E-state index contributed by atoms with van der Waals surface area (Å²) in [6, 6.07) is 1.98. The Bertz CT molecular complexity index is 586. The lowest BCUT2D eigenvalue weighted by Gasteiger charge is -2.28. The first-order chi connectivity index (χ1) is 8.82. The molecule has 1 atom stereocenters. The van der Waals surface area contributed by atoms with E-state index in [1.807, 2.05) is 6.07 Å². The second-order valence-corrected chi connectivity index (χ2v) is 7.22. The van der Waals surface area contributed by atoms with Crippen molar-refractivity contribution in [3.63, 3.8) is 0 Å². The molecule has 2 rings (SSSR count). The Balaban J connectivity index is 2.46. The standard InChI is InChI=1S/C14H19BrClN3/c1-9(14(2,3)4)8-19-12(6-16)18-11-5-10(15)7-17-13(11)19/h5,7,9H,6,8H2,1-4H3. The Morgan fingerprint density at radius 3 is 2.68 bits per heavy atom. The number of hydrogen-bond donors (Lipinski definition) is 0. The number of pyridine rings is 1. The minimum atomic E-state index is 0.246. The van der Waals surface area contributed by atoms with Crippen LogP contribution in [0.3, 0.4) is 0 Å². The molecule has 2 aromatic heterocycles. The summed E-state index contributed by atoms with van der Waals surface area (Å²) >= 11 is 9.44. The van der Waals surface area contributed by atoms with Crippen molar-refractivity contribution in [3.05, 3.63) is 22.6 Å². The zero-order valence-corrected chi connectivity index (χ0v) is 14.1. The predicted molar refractivity (Wildman–Crippen MR) is 83.4 cm³/mol. The fourth-order valence-corrected chi connectivity index (χ4v) is 2.40. The van der Waals surface area contributed by atoms with Gasteiger partial charge in [0, 0.05) is 17.2 Å². The van der Waals surface area contributed by atoms with Crippen molar-refractivity contribution < 1.29 is 0 Å². The van der Waals surface area contributed by atoms with Crippen LogP contribution in [-0.4, -0.2) is 14.5 Å². The molecule has 0 radical (unpaired) electrons. The first-order valence-corrected chi connectivity index (χ1v) is 7.72. The highest BCUT2D eigenvalue weighted by Crippen LogP contribution is 2.29. The molecule has 0 aliphatic carbocycles. The third-order valence-electron chi connectivity index (χ3n) is 3.68. The van der Waals surface area contributed by atoms with E-state index >= 15 is 0 Å². The molecule has 0 saturated carbocycles. The number of aromatic nitrogens is 3. The number of rotatable bonds is 3. The third kappa shape index (κ3) is 3.11. The molecule has 0 aliphatic heterocycles. The summed E-state index contributed by atoms with van der Waals surface area (Å²) in [5.41, 5.74) is 2.05. The van der Waals surface area contributed by atoms with Crippen LogP contribution in [0, 0.1) is 11.3 Å². The van der Waals surface area contributed by atoms with Gasteiger partial charge in [0.05, 0.1) is 5.88 Å². The summed E-state index contributed by atoms with van der Waals surface area (Å²) in [6.45, 7) is 9.89. The highest BCUT2D eigenvalue weighted by Gasteiger charge is 2.22. The topological polar surface area (TPSA) is 30.7 Å². The van der Waals surface area contributed by atoms with E-state index in [1.165, 1.54) is 0 Å². The number of alkyl halides is 1. The van der Waals surface area contributed by atoms with Crippen molar-refractivity contribution in [2.45, 2.75) is 40.1 Å². The Kier molecular flexibility index (Phi) is 4.21. The van der Waals surface area contributed by atoms with Gasteiger partial charge in [-0.2, -0.15) is 0 Å². The van der Waals surface area contributed by atoms with Gasteiger partial charge >= 0.3 is 0 Å². The van der Waals surface area contributed by atoms with Crippen LogP contribution in [0.1, 0.15) is 33.5 Å². The molecule has 0 N–H and O–H groups in total. The fraction of sp³-hybridized carbons (Fsp3) is 0.571. The molecule has 1 unspecified atom stereocenters. The minimum absolute atomic E-state index is 0.246. The summed E-state index contributed by atoms with van der Waals surface area (Å²) in [7, 11) is 0. The molecule has 0 saturated heterocycles. The monoisotopic (exact) mass is 343 g/mol. The normalized spacial score (nSPS) is 14.0. The van der Waals surface area contributed by atoms with Crippen LogP contribution < -0.4 is 0 Å². The van der Waals surface area contributed by atoms with Crippen molar-refractivity contribution in [2.24, 2.45) is 11.3 Å². The molecule has 2 heterocycles. The minimum Gasteiger partial charge on any atom is -0.311 e. The molecule has 0 aromatic carbocycles. The smallest absolute Gasteiger partial charge is 0.160 e. The molecular weight excluding hydrogens is 326 g/mol. The van der Waals surface area contributed by atoms with Crippen molar-refractivity contribution in [1.82, 2.24) is 14.5 Å². The van der Waals surface area contributed by atoms with Gasteiger partial charge < -0.3 is 4.57 Å². The van der Waals surface area contributed by atoms with E-state index in [0.29, 0.717) is 11.8 Å². The van der Waals surface area contributed by atoms with Crippen LogP contribution in [0.25, 0.3) is 11.2 Å². The van der Waals surface area contributed by atoms with Crippen molar-refractivity contribution in [2.75, 3.05) is 0 Å². The van der Waals surface area contributed by atoms with E-state index in [9.17, 15) is 0 Å². The number of halogens is 2. The number of fused-ring (bicyclic) bond motifs is 1. The van der Waals surface area contributed by atoms with Gasteiger partial charge in [-0.05, 0) is 33.3 Å². The van der Waals surface area contributed by atoms with Gasteiger partial charge in [0.2, 0.25) is 0 Å². The molecule has 104 valence electrons. The lowest BCUT2D eigenvalue weighted by molar-refractivity contribution is 0.233. The number of nitrogens with zero attached hydrogens (tertiary/aromatic N) is 3. The van der Waals surface area contributed by atoms with Crippen molar-refractivity contribution in [1.29, 1.82) is 0 Å². The molecule has 0 amide bonds. The summed E-state index contributed by atoms with van der Waals surface area (Å²) < 4.78 is 3.08. The Morgan fingerprint density at radius 1 is 1.42 bits per heavy atom. The van der Waals surface area contributed by atoms with Gasteiger partial charge in [0.25, 0.3) is 0 Å². The molecular formula is C14H19BrClN3. The second kappa shape index (κ2) is 5.41. The Labute approximate surface area is 127 Å². The predicted octanol–water partition coefficient (Wildman–Crippen LogP) is 4.61. The molecule has 0 aliphatic rings. The summed E-state index contributed by atoms with van der Waals surface area (Å²) in [6.07, 6.45) is 1.81. The zero-order chi connectivity index (χ0) is 14.2. The number of hydrogen-bond acceptors (Lipinski definition) is 2. The van der Waals surface area contributed by atoms with Gasteiger partial charge in [0.1, 0.15) is 11.3 Å². The van der Waals surface area contributed by atoms with Crippen LogP contribution in [0.2, 0.25) is 0 Å². The van der Waals surface area contributed by atoms with Crippen LogP contribution in [0.4, 0.5) is 0 Å². The lowest BCUT2D eigenvalue weighted by Crippen LogP contribution is -2.23.